The summed E-state index contributed by atoms with van der Waals surface area (Å²) >= 11 is 0. The molecular weight excluding hydrogens is 264 g/mol. The quantitative estimate of drug-likeness (QED) is 0.827. The molecule has 0 heterocycles. The zero-order valence-electron chi connectivity index (χ0n) is 9.86. The second kappa shape index (κ2) is 6.21. The minimum absolute atomic E-state index is 0.274. The van der Waals surface area contributed by atoms with Gasteiger partial charge in [-0.15, -0.1) is 0 Å². The normalized spacial score (nSPS) is 13.6. The second-order valence-electron chi connectivity index (χ2n) is 3.85. The van der Waals surface area contributed by atoms with Crippen LogP contribution in [0.1, 0.15) is 19.8 Å². The third-order valence-corrected chi connectivity index (χ3v) is 3.79. The van der Waals surface area contributed by atoms with Gasteiger partial charge in [0.05, 0.1) is 6.10 Å². The Morgan fingerprint density at radius 1 is 1.33 bits per heavy atom. The monoisotopic (exact) mass is 279 g/mol. The number of sulfonamides is 1. The van der Waals surface area contributed by atoms with Crippen molar-refractivity contribution in [2.75, 3.05) is 6.54 Å². The lowest BCUT2D eigenvalue weighted by Gasteiger charge is -2.12. The molecule has 1 unspecified atom stereocenters. The van der Waals surface area contributed by atoms with Crippen molar-refractivity contribution in [1.29, 1.82) is 0 Å². The molecule has 0 aromatic heterocycles. The van der Waals surface area contributed by atoms with Gasteiger partial charge in [0, 0.05) is 6.54 Å². The molecule has 1 aromatic carbocycles. The van der Waals surface area contributed by atoms with E-state index in [4.69, 9.17) is 0 Å². The fraction of sp³-hybridized carbons (Fsp3) is 0.455. The van der Waals surface area contributed by atoms with E-state index in [-0.39, 0.29) is 6.54 Å². The van der Waals surface area contributed by atoms with Crippen molar-refractivity contribution in [3.8, 4) is 0 Å². The van der Waals surface area contributed by atoms with E-state index in [0.717, 1.165) is 18.2 Å². The van der Waals surface area contributed by atoms with Gasteiger partial charge in [0.25, 0.3) is 0 Å². The highest BCUT2D eigenvalue weighted by Gasteiger charge is 2.24. The number of halogens is 2. The van der Waals surface area contributed by atoms with Crippen LogP contribution in [0.4, 0.5) is 8.78 Å². The Morgan fingerprint density at radius 3 is 2.39 bits per heavy atom. The van der Waals surface area contributed by atoms with Gasteiger partial charge in [0.1, 0.15) is 11.6 Å². The zero-order valence-corrected chi connectivity index (χ0v) is 10.7. The molecule has 7 heteroatoms. The van der Waals surface area contributed by atoms with Gasteiger partial charge in [-0.05, 0) is 18.6 Å². The van der Waals surface area contributed by atoms with E-state index in [1.54, 1.807) is 0 Å². The van der Waals surface area contributed by atoms with Crippen LogP contribution in [-0.4, -0.2) is 26.2 Å². The van der Waals surface area contributed by atoms with Crippen LogP contribution in [0.2, 0.25) is 0 Å². The SMILES string of the molecule is CCCC(O)CNS(=O)(=O)c1c(F)cccc1F. The molecule has 1 aromatic rings. The van der Waals surface area contributed by atoms with Crippen molar-refractivity contribution in [2.24, 2.45) is 0 Å². The van der Waals surface area contributed by atoms with Crippen LogP contribution in [0.25, 0.3) is 0 Å². The number of nitrogens with one attached hydrogen (secondary N) is 1. The minimum atomic E-state index is -4.30. The van der Waals surface area contributed by atoms with Gasteiger partial charge in [-0.1, -0.05) is 19.4 Å². The average molecular weight is 279 g/mol. The summed E-state index contributed by atoms with van der Waals surface area (Å²) in [6, 6.07) is 2.80. The fourth-order valence-corrected chi connectivity index (χ4v) is 2.66. The van der Waals surface area contributed by atoms with E-state index in [0.29, 0.717) is 12.8 Å². The van der Waals surface area contributed by atoms with E-state index in [1.165, 1.54) is 0 Å². The number of rotatable bonds is 6. The number of hydrogen-bond donors (Lipinski definition) is 2. The Balaban J connectivity index is 2.87. The van der Waals surface area contributed by atoms with Crippen molar-refractivity contribution in [1.82, 2.24) is 4.72 Å². The summed E-state index contributed by atoms with van der Waals surface area (Å²) in [7, 11) is -4.30. The minimum Gasteiger partial charge on any atom is -0.392 e. The first-order valence-electron chi connectivity index (χ1n) is 5.50. The summed E-state index contributed by atoms with van der Waals surface area (Å²) in [4.78, 5) is -1.02. The van der Waals surface area contributed by atoms with E-state index in [2.05, 4.69) is 0 Å². The van der Waals surface area contributed by atoms with Gasteiger partial charge in [-0.25, -0.2) is 21.9 Å². The molecule has 0 saturated carbocycles. The Hall–Kier alpha value is -1.05. The van der Waals surface area contributed by atoms with Crippen molar-refractivity contribution in [3.05, 3.63) is 29.8 Å². The standard InChI is InChI=1S/C11H15F2NO3S/c1-2-4-8(15)7-14-18(16,17)11-9(12)5-3-6-10(11)13/h3,5-6,8,14-15H,2,4,7H2,1H3. The van der Waals surface area contributed by atoms with Gasteiger partial charge >= 0.3 is 0 Å². The third kappa shape index (κ3) is 3.72. The van der Waals surface area contributed by atoms with E-state index in [9.17, 15) is 22.3 Å². The lowest BCUT2D eigenvalue weighted by Crippen LogP contribution is -2.33. The molecule has 4 nitrogen and oxygen atoms in total. The molecule has 2 N–H and O–H groups in total. The van der Waals surface area contributed by atoms with Crippen LogP contribution < -0.4 is 4.72 Å². The lowest BCUT2D eigenvalue weighted by molar-refractivity contribution is 0.167. The van der Waals surface area contributed by atoms with Crippen molar-refractivity contribution in [2.45, 2.75) is 30.8 Å². The highest BCUT2D eigenvalue weighted by molar-refractivity contribution is 7.89. The third-order valence-electron chi connectivity index (χ3n) is 2.32. The van der Waals surface area contributed by atoms with Crippen molar-refractivity contribution < 1.29 is 22.3 Å². The molecule has 0 fully saturated rings. The van der Waals surface area contributed by atoms with Crippen LogP contribution in [0.5, 0.6) is 0 Å². The maximum absolute atomic E-state index is 13.3. The molecule has 1 rings (SSSR count). The smallest absolute Gasteiger partial charge is 0.246 e. The topological polar surface area (TPSA) is 66.4 Å². The summed E-state index contributed by atoms with van der Waals surface area (Å²) in [6.45, 7) is 1.55. The zero-order chi connectivity index (χ0) is 13.8. The van der Waals surface area contributed by atoms with Gasteiger partial charge in [-0.2, -0.15) is 0 Å². The first-order chi connectivity index (χ1) is 8.38. The predicted octanol–water partition coefficient (Wildman–Crippen LogP) is 1.40. The van der Waals surface area contributed by atoms with Crippen molar-refractivity contribution >= 4 is 10.0 Å². The van der Waals surface area contributed by atoms with Gasteiger partial charge in [-0.3, -0.25) is 0 Å². The van der Waals surface area contributed by atoms with Gasteiger partial charge < -0.3 is 5.11 Å². The van der Waals surface area contributed by atoms with E-state index >= 15 is 0 Å². The molecule has 0 spiro atoms. The summed E-state index contributed by atoms with van der Waals surface area (Å²) in [5.41, 5.74) is 0. The van der Waals surface area contributed by atoms with E-state index < -0.39 is 32.7 Å². The highest BCUT2D eigenvalue weighted by atomic mass is 32.2. The lowest BCUT2D eigenvalue weighted by atomic mass is 10.2. The molecule has 0 bridgehead atoms. The molecule has 0 radical (unpaired) electrons. The summed E-state index contributed by atoms with van der Waals surface area (Å²) in [5.74, 6) is -2.32. The second-order valence-corrected chi connectivity index (χ2v) is 5.55. The molecule has 0 amide bonds. The van der Waals surface area contributed by atoms with Crippen LogP contribution in [0, 0.1) is 11.6 Å². The molecule has 18 heavy (non-hydrogen) atoms. The van der Waals surface area contributed by atoms with E-state index in [1.807, 2.05) is 11.6 Å². The maximum atomic E-state index is 13.3. The summed E-state index contributed by atoms with van der Waals surface area (Å²) in [5, 5.41) is 9.38. The molecular formula is C11H15F2NO3S. The number of aliphatic hydroxyl groups excluding tert-OH is 1. The average Bonchev–Trinajstić information content (AvgIpc) is 2.26. The number of hydrogen-bond acceptors (Lipinski definition) is 3. The summed E-state index contributed by atoms with van der Waals surface area (Å²) in [6.07, 6.45) is 0.207. The predicted molar refractivity (Wildman–Crippen MR) is 62.5 cm³/mol. The first-order valence-corrected chi connectivity index (χ1v) is 6.98. The van der Waals surface area contributed by atoms with Gasteiger partial charge in [0.15, 0.2) is 4.90 Å². The number of benzene rings is 1. The first kappa shape index (κ1) is 15.0. The Bertz CT molecular complexity index is 485. The molecule has 0 saturated heterocycles. The molecule has 0 aliphatic rings. The van der Waals surface area contributed by atoms with Gasteiger partial charge in [0.2, 0.25) is 10.0 Å². The number of aliphatic hydroxyl groups is 1. The largest absolute Gasteiger partial charge is 0.392 e. The van der Waals surface area contributed by atoms with Crippen LogP contribution >= 0.6 is 0 Å². The molecule has 0 aliphatic carbocycles. The fourth-order valence-electron chi connectivity index (χ4n) is 1.45. The molecule has 1 atom stereocenters. The molecule has 102 valence electrons. The maximum Gasteiger partial charge on any atom is 0.246 e. The Morgan fingerprint density at radius 2 is 1.89 bits per heavy atom. The molecule has 0 aliphatic heterocycles. The van der Waals surface area contributed by atoms with Crippen LogP contribution in [-0.2, 0) is 10.0 Å². The van der Waals surface area contributed by atoms with Crippen LogP contribution in [0.15, 0.2) is 23.1 Å². The van der Waals surface area contributed by atoms with Crippen molar-refractivity contribution in [3.63, 3.8) is 0 Å². The van der Waals surface area contributed by atoms with Crippen LogP contribution in [0.3, 0.4) is 0 Å². The Kier molecular flexibility index (Phi) is 5.18. The highest BCUT2D eigenvalue weighted by Crippen LogP contribution is 2.17. The Labute approximate surface area is 105 Å². The summed E-state index contributed by atoms with van der Waals surface area (Å²) < 4.78 is 51.9.